The molecule has 0 unspecified atom stereocenters. The van der Waals surface area contributed by atoms with E-state index in [1.807, 2.05) is 32.9 Å². The maximum absolute atomic E-state index is 12.0. The average molecular weight is 305 g/mol. The third-order valence-electron chi connectivity index (χ3n) is 3.73. The molecule has 22 heavy (non-hydrogen) atoms. The smallest absolute Gasteiger partial charge is 0.410 e. The minimum absolute atomic E-state index is 0.172. The summed E-state index contributed by atoms with van der Waals surface area (Å²) in [6, 6.07) is 8.26. The van der Waals surface area contributed by atoms with Gasteiger partial charge in [-0.05, 0) is 44.9 Å². The van der Waals surface area contributed by atoms with Crippen molar-refractivity contribution in [1.29, 1.82) is 0 Å². The first-order chi connectivity index (χ1) is 10.4. The molecule has 2 rings (SSSR count). The number of carbonyl (C=O) groups is 1. The number of ether oxygens (including phenoxy) is 2. The van der Waals surface area contributed by atoms with Gasteiger partial charge in [-0.25, -0.2) is 4.79 Å². The van der Waals surface area contributed by atoms with Crippen LogP contribution in [-0.2, 0) is 11.2 Å². The Bertz CT molecular complexity index is 482. The van der Waals surface area contributed by atoms with Crippen molar-refractivity contribution in [3.63, 3.8) is 0 Å². The van der Waals surface area contributed by atoms with Crippen LogP contribution >= 0.6 is 0 Å². The minimum Gasteiger partial charge on any atom is -0.490 e. The predicted octanol–water partition coefficient (Wildman–Crippen LogP) is 4.03. The van der Waals surface area contributed by atoms with Gasteiger partial charge in [-0.3, -0.25) is 0 Å². The summed E-state index contributed by atoms with van der Waals surface area (Å²) >= 11 is 0. The Labute approximate surface area is 133 Å². The lowest BCUT2D eigenvalue weighted by molar-refractivity contribution is 0.0126. The molecule has 0 saturated carbocycles. The molecule has 0 spiro atoms. The van der Waals surface area contributed by atoms with E-state index in [4.69, 9.17) is 9.47 Å². The van der Waals surface area contributed by atoms with Crippen molar-refractivity contribution in [2.24, 2.45) is 0 Å². The maximum atomic E-state index is 12.0. The largest absolute Gasteiger partial charge is 0.490 e. The molecule has 1 aromatic rings. The summed E-state index contributed by atoms with van der Waals surface area (Å²) in [5, 5.41) is 0. The molecule has 1 fully saturated rings. The van der Waals surface area contributed by atoms with Crippen LogP contribution in [0.4, 0.5) is 4.79 Å². The molecule has 1 amide bonds. The zero-order valence-electron chi connectivity index (χ0n) is 14.1. The van der Waals surface area contributed by atoms with Crippen LogP contribution in [0.15, 0.2) is 24.3 Å². The Morgan fingerprint density at radius 1 is 1.18 bits per heavy atom. The van der Waals surface area contributed by atoms with E-state index in [2.05, 4.69) is 19.1 Å². The monoisotopic (exact) mass is 305 g/mol. The summed E-state index contributed by atoms with van der Waals surface area (Å²) < 4.78 is 11.4. The fraction of sp³-hybridized carbons (Fsp3) is 0.611. The number of carbonyl (C=O) groups excluding carboxylic acids is 1. The van der Waals surface area contributed by atoms with Crippen LogP contribution in [-0.4, -0.2) is 35.8 Å². The van der Waals surface area contributed by atoms with Crippen molar-refractivity contribution in [2.75, 3.05) is 13.1 Å². The molecular weight excluding hydrogens is 278 g/mol. The van der Waals surface area contributed by atoms with E-state index >= 15 is 0 Å². The number of aryl methyl sites for hydroxylation is 1. The number of likely N-dealkylation sites (tertiary alicyclic amines) is 1. The Hall–Kier alpha value is -1.71. The third kappa shape index (κ3) is 4.93. The summed E-state index contributed by atoms with van der Waals surface area (Å²) in [5.41, 5.74) is 0.873. The summed E-state index contributed by atoms with van der Waals surface area (Å²) in [4.78, 5) is 13.8. The van der Waals surface area contributed by atoms with Crippen LogP contribution in [0.5, 0.6) is 5.75 Å². The Balaban J connectivity index is 1.80. The lowest BCUT2D eigenvalue weighted by atomic mass is 10.1. The van der Waals surface area contributed by atoms with Gasteiger partial charge in [0.15, 0.2) is 0 Å². The Morgan fingerprint density at radius 3 is 2.27 bits per heavy atom. The molecule has 1 aliphatic heterocycles. The molecule has 0 aromatic heterocycles. The highest BCUT2D eigenvalue weighted by atomic mass is 16.6. The number of nitrogens with zero attached hydrogens (tertiary/aromatic N) is 1. The van der Waals surface area contributed by atoms with Crippen molar-refractivity contribution in [1.82, 2.24) is 4.90 Å². The molecule has 0 radical (unpaired) electrons. The zero-order chi connectivity index (χ0) is 16.2. The minimum atomic E-state index is -0.439. The quantitative estimate of drug-likeness (QED) is 0.846. The van der Waals surface area contributed by atoms with Crippen LogP contribution in [0, 0.1) is 0 Å². The highest BCUT2D eigenvalue weighted by Crippen LogP contribution is 2.21. The van der Waals surface area contributed by atoms with E-state index < -0.39 is 5.60 Å². The number of rotatable bonds is 3. The van der Waals surface area contributed by atoms with Gasteiger partial charge in [0, 0.05) is 25.9 Å². The van der Waals surface area contributed by atoms with Gasteiger partial charge in [0.05, 0.1) is 0 Å². The third-order valence-corrected chi connectivity index (χ3v) is 3.73. The highest BCUT2D eigenvalue weighted by Gasteiger charge is 2.27. The Kier molecular flexibility index (Phi) is 5.33. The fourth-order valence-corrected chi connectivity index (χ4v) is 2.48. The van der Waals surface area contributed by atoms with E-state index in [9.17, 15) is 4.79 Å². The first kappa shape index (κ1) is 16.7. The van der Waals surface area contributed by atoms with Gasteiger partial charge in [-0.1, -0.05) is 19.1 Å². The van der Waals surface area contributed by atoms with Crippen LogP contribution in [0.3, 0.4) is 0 Å². The van der Waals surface area contributed by atoms with Crippen molar-refractivity contribution in [3.05, 3.63) is 29.8 Å². The molecule has 0 bridgehead atoms. The summed E-state index contributed by atoms with van der Waals surface area (Å²) in [6.45, 7) is 9.18. The second-order valence-electron chi connectivity index (χ2n) is 6.78. The molecule has 0 aliphatic carbocycles. The summed E-state index contributed by atoms with van der Waals surface area (Å²) in [7, 11) is 0. The molecule has 1 saturated heterocycles. The molecule has 0 atom stereocenters. The van der Waals surface area contributed by atoms with Crippen molar-refractivity contribution < 1.29 is 14.3 Å². The van der Waals surface area contributed by atoms with E-state index in [0.29, 0.717) is 13.1 Å². The lowest BCUT2D eigenvalue weighted by Gasteiger charge is -2.33. The normalized spacial score (nSPS) is 16.5. The van der Waals surface area contributed by atoms with Gasteiger partial charge in [-0.15, -0.1) is 0 Å². The fourth-order valence-electron chi connectivity index (χ4n) is 2.48. The van der Waals surface area contributed by atoms with Crippen LogP contribution in [0.25, 0.3) is 0 Å². The van der Waals surface area contributed by atoms with Crippen LogP contribution in [0.2, 0.25) is 0 Å². The highest BCUT2D eigenvalue weighted by molar-refractivity contribution is 5.68. The van der Waals surface area contributed by atoms with Crippen LogP contribution in [0.1, 0.15) is 46.1 Å². The van der Waals surface area contributed by atoms with Crippen molar-refractivity contribution >= 4 is 6.09 Å². The summed E-state index contributed by atoms with van der Waals surface area (Å²) in [5.74, 6) is 0.910. The van der Waals surface area contributed by atoms with E-state index in [1.54, 1.807) is 4.90 Å². The zero-order valence-corrected chi connectivity index (χ0v) is 14.1. The van der Waals surface area contributed by atoms with Gasteiger partial charge in [0.25, 0.3) is 0 Å². The van der Waals surface area contributed by atoms with Gasteiger partial charge in [0.2, 0.25) is 0 Å². The first-order valence-electron chi connectivity index (χ1n) is 8.11. The Morgan fingerprint density at radius 2 is 1.77 bits per heavy atom. The molecule has 1 aromatic carbocycles. The van der Waals surface area contributed by atoms with Crippen molar-refractivity contribution in [3.8, 4) is 5.75 Å². The predicted molar refractivity (Wildman–Crippen MR) is 87.3 cm³/mol. The second-order valence-corrected chi connectivity index (χ2v) is 6.78. The molecule has 4 heteroatoms. The standard InChI is InChI=1S/C18H27NO3/c1-5-14-6-8-15(9-7-14)21-16-10-12-19(13-11-16)17(20)22-18(2,3)4/h6-9,16H,5,10-13H2,1-4H3. The number of hydrogen-bond acceptors (Lipinski definition) is 3. The molecule has 1 heterocycles. The molecule has 4 nitrogen and oxygen atoms in total. The number of benzene rings is 1. The van der Waals surface area contributed by atoms with E-state index in [-0.39, 0.29) is 12.2 Å². The maximum Gasteiger partial charge on any atom is 0.410 e. The topological polar surface area (TPSA) is 38.8 Å². The molecule has 1 aliphatic rings. The second kappa shape index (κ2) is 7.03. The first-order valence-corrected chi connectivity index (χ1v) is 8.11. The van der Waals surface area contributed by atoms with Crippen molar-refractivity contribution in [2.45, 2.75) is 58.7 Å². The molecule has 122 valence electrons. The van der Waals surface area contributed by atoms with Gasteiger partial charge >= 0.3 is 6.09 Å². The number of hydrogen-bond donors (Lipinski definition) is 0. The lowest BCUT2D eigenvalue weighted by Crippen LogP contribution is -2.44. The number of amides is 1. The van der Waals surface area contributed by atoms with E-state index in [1.165, 1.54) is 5.56 Å². The van der Waals surface area contributed by atoms with Gasteiger partial charge in [0.1, 0.15) is 17.5 Å². The summed E-state index contributed by atoms with van der Waals surface area (Å²) in [6.07, 6.45) is 2.67. The number of piperidine rings is 1. The molecular formula is C18H27NO3. The van der Waals surface area contributed by atoms with E-state index in [0.717, 1.165) is 25.0 Å². The SMILES string of the molecule is CCc1ccc(OC2CCN(C(=O)OC(C)(C)C)CC2)cc1. The molecule has 0 N–H and O–H groups in total. The average Bonchev–Trinajstić information content (AvgIpc) is 2.47. The van der Waals surface area contributed by atoms with Crippen LogP contribution < -0.4 is 4.74 Å². The van der Waals surface area contributed by atoms with Gasteiger partial charge in [-0.2, -0.15) is 0 Å². The van der Waals surface area contributed by atoms with Gasteiger partial charge < -0.3 is 14.4 Å².